The minimum absolute atomic E-state index is 0.0578. The Kier molecular flexibility index (Phi) is 5.20. The third kappa shape index (κ3) is 3.75. The molecule has 2 aliphatic carbocycles. The molecule has 1 saturated carbocycles. The molecular weight excluding hydrogens is 384 g/mol. The zero-order valence-corrected chi connectivity index (χ0v) is 16.7. The largest absolute Gasteiger partial charge is 0.481 e. The van der Waals surface area contributed by atoms with Crippen LogP contribution in [0.4, 0.5) is 4.79 Å². The second kappa shape index (κ2) is 7.82. The predicted molar refractivity (Wildman–Crippen MR) is 110 cm³/mol. The summed E-state index contributed by atoms with van der Waals surface area (Å²) in [7, 11) is 0. The van der Waals surface area contributed by atoms with Crippen LogP contribution in [0.5, 0.6) is 0 Å². The minimum atomic E-state index is -0.903. The van der Waals surface area contributed by atoms with Gasteiger partial charge in [0.25, 0.3) is 0 Å². The van der Waals surface area contributed by atoms with Gasteiger partial charge in [-0.1, -0.05) is 48.5 Å². The molecule has 4 rings (SSSR count). The summed E-state index contributed by atoms with van der Waals surface area (Å²) in [6.07, 6.45) is 0.423. The van der Waals surface area contributed by atoms with Gasteiger partial charge in [-0.25, -0.2) is 4.79 Å². The fraction of sp³-hybridized carbons (Fsp3) is 0.348. The average molecular weight is 408 g/mol. The van der Waals surface area contributed by atoms with Gasteiger partial charge in [-0.3, -0.25) is 9.59 Å². The van der Waals surface area contributed by atoms with E-state index in [1.54, 1.807) is 0 Å². The fourth-order valence-corrected chi connectivity index (χ4v) is 3.91. The lowest BCUT2D eigenvalue weighted by Crippen LogP contribution is -2.47. The molecule has 0 bridgehead atoms. The highest BCUT2D eigenvalue weighted by Crippen LogP contribution is 2.45. The summed E-state index contributed by atoms with van der Waals surface area (Å²) >= 11 is 0. The van der Waals surface area contributed by atoms with E-state index in [1.807, 2.05) is 36.4 Å². The zero-order chi connectivity index (χ0) is 21.3. The first-order valence-electron chi connectivity index (χ1n) is 10.0. The van der Waals surface area contributed by atoms with Crippen LogP contribution in [0.3, 0.4) is 0 Å². The van der Waals surface area contributed by atoms with Crippen molar-refractivity contribution in [3.05, 3.63) is 59.7 Å². The van der Waals surface area contributed by atoms with Gasteiger partial charge in [0.1, 0.15) is 12.6 Å². The van der Waals surface area contributed by atoms with E-state index < -0.39 is 29.4 Å². The van der Waals surface area contributed by atoms with E-state index in [2.05, 4.69) is 22.8 Å². The molecular formula is C23H24N2O5. The molecule has 7 nitrogen and oxygen atoms in total. The number of ether oxygens (including phenoxy) is 1. The van der Waals surface area contributed by atoms with Gasteiger partial charge in [0, 0.05) is 12.5 Å². The van der Waals surface area contributed by atoms with E-state index in [-0.39, 0.29) is 19.1 Å². The van der Waals surface area contributed by atoms with Gasteiger partial charge < -0.3 is 20.5 Å². The molecule has 7 heteroatoms. The van der Waals surface area contributed by atoms with Gasteiger partial charge in [0.2, 0.25) is 5.91 Å². The van der Waals surface area contributed by atoms with Crippen LogP contribution in [-0.2, 0) is 14.3 Å². The lowest BCUT2D eigenvalue weighted by molar-refractivity contribution is -0.143. The molecule has 0 heterocycles. The number of hydrogen-bond acceptors (Lipinski definition) is 4. The van der Waals surface area contributed by atoms with Crippen LogP contribution in [0, 0.1) is 5.41 Å². The summed E-state index contributed by atoms with van der Waals surface area (Å²) in [4.78, 5) is 35.6. The van der Waals surface area contributed by atoms with Crippen LogP contribution in [-0.4, -0.2) is 42.3 Å². The van der Waals surface area contributed by atoms with E-state index in [4.69, 9.17) is 4.74 Å². The molecule has 3 N–H and O–H groups in total. The molecule has 0 radical (unpaired) electrons. The maximum Gasteiger partial charge on any atom is 0.407 e. The van der Waals surface area contributed by atoms with E-state index in [0.717, 1.165) is 22.3 Å². The van der Waals surface area contributed by atoms with Crippen LogP contribution in [0.25, 0.3) is 11.1 Å². The van der Waals surface area contributed by atoms with Gasteiger partial charge in [-0.15, -0.1) is 0 Å². The van der Waals surface area contributed by atoms with Crippen molar-refractivity contribution in [2.24, 2.45) is 5.41 Å². The van der Waals surface area contributed by atoms with E-state index >= 15 is 0 Å². The minimum Gasteiger partial charge on any atom is -0.481 e. The summed E-state index contributed by atoms with van der Waals surface area (Å²) in [5.41, 5.74) is 3.66. The van der Waals surface area contributed by atoms with Crippen molar-refractivity contribution < 1.29 is 24.2 Å². The van der Waals surface area contributed by atoms with Gasteiger partial charge in [0.15, 0.2) is 0 Å². The highest BCUT2D eigenvalue weighted by atomic mass is 16.5. The van der Waals surface area contributed by atoms with Crippen molar-refractivity contribution in [3.8, 4) is 11.1 Å². The lowest BCUT2D eigenvalue weighted by Gasteiger charge is -2.18. The number of benzene rings is 2. The first-order valence-corrected chi connectivity index (χ1v) is 10.0. The number of alkyl carbamates (subject to hydrolysis) is 1. The van der Waals surface area contributed by atoms with Crippen LogP contribution >= 0.6 is 0 Å². The second-order valence-electron chi connectivity index (χ2n) is 7.99. The van der Waals surface area contributed by atoms with Crippen LogP contribution in [0.1, 0.15) is 36.8 Å². The molecule has 2 aromatic rings. The lowest BCUT2D eigenvalue weighted by atomic mass is 9.98. The van der Waals surface area contributed by atoms with E-state index in [0.29, 0.717) is 12.8 Å². The van der Waals surface area contributed by atoms with Crippen LogP contribution in [0.15, 0.2) is 48.5 Å². The Balaban J connectivity index is 1.32. The molecule has 2 amide bonds. The van der Waals surface area contributed by atoms with Crippen LogP contribution in [0.2, 0.25) is 0 Å². The standard InChI is InChI=1S/C23H24N2O5/c1-14(20(26)24-13-23(10-11-23)21(27)28)25-22(29)30-12-19-17-8-4-2-6-15(17)16-7-3-5-9-18(16)19/h2-9,14,19H,10-13H2,1H3,(H,24,26)(H,25,29)(H,27,28). The van der Waals surface area contributed by atoms with Crippen molar-refractivity contribution in [3.63, 3.8) is 0 Å². The van der Waals surface area contributed by atoms with Crippen molar-refractivity contribution in [2.45, 2.75) is 31.7 Å². The highest BCUT2D eigenvalue weighted by Gasteiger charge is 2.50. The number of fused-ring (bicyclic) bond motifs is 3. The second-order valence-corrected chi connectivity index (χ2v) is 7.99. The van der Waals surface area contributed by atoms with Crippen molar-refractivity contribution >= 4 is 18.0 Å². The Bertz CT molecular complexity index is 953. The third-order valence-electron chi connectivity index (χ3n) is 5.98. The van der Waals surface area contributed by atoms with Crippen molar-refractivity contribution in [1.82, 2.24) is 10.6 Å². The molecule has 0 aromatic heterocycles. The number of aliphatic carboxylic acids is 1. The maximum atomic E-state index is 12.3. The third-order valence-corrected chi connectivity index (χ3v) is 5.98. The summed E-state index contributed by atoms with van der Waals surface area (Å²) < 4.78 is 5.43. The monoisotopic (exact) mass is 408 g/mol. The quantitative estimate of drug-likeness (QED) is 0.653. The normalized spacial score (nSPS) is 16.7. The van der Waals surface area contributed by atoms with Gasteiger partial charge in [-0.2, -0.15) is 0 Å². The molecule has 156 valence electrons. The molecule has 2 aliphatic rings. The summed E-state index contributed by atoms with van der Waals surface area (Å²) in [5.74, 6) is -1.39. The Morgan fingerprint density at radius 1 is 1.07 bits per heavy atom. The van der Waals surface area contributed by atoms with Gasteiger partial charge >= 0.3 is 12.1 Å². The number of carbonyl (C=O) groups is 3. The summed E-state index contributed by atoms with van der Waals surface area (Å²) in [6.45, 7) is 1.77. The molecule has 1 fully saturated rings. The number of carboxylic acids is 1. The van der Waals surface area contributed by atoms with Crippen LogP contribution < -0.4 is 10.6 Å². The Morgan fingerprint density at radius 3 is 2.17 bits per heavy atom. The van der Waals surface area contributed by atoms with E-state index in [9.17, 15) is 19.5 Å². The average Bonchev–Trinajstić information content (AvgIpc) is 3.48. The number of rotatable bonds is 7. The first-order chi connectivity index (χ1) is 14.4. The summed E-state index contributed by atoms with van der Waals surface area (Å²) in [5, 5.41) is 14.3. The molecule has 0 aliphatic heterocycles. The maximum absolute atomic E-state index is 12.3. The Morgan fingerprint density at radius 2 is 1.63 bits per heavy atom. The molecule has 1 unspecified atom stereocenters. The number of hydrogen-bond donors (Lipinski definition) is 3. The molecule has 30 heavy (non-hydrogen) atoms. The topological polar surface area (TPSA) is 105 Å². The smallest absolute Gasteiger partial charge is 0.407 e. The highest BCUT2D eigenvalue weighted by molar-refractivity contribution is 5.86. The van der Waals surface area contributed by atoms with Crippen molar-refractivity contribution in [2.75, 3.05) is 13.2 Å². The molecule has 0 saturated heterocycles. The Labute approximate surface area is 174 Å². The fourth-order valence-electron chi connectivity index (χ4n) is 3.91. The predicted octanol–water partition coefficient (Wildman–Crippen LogP) is 2.89. The number of amides is 2. The zero-order valence-electron chi connectivity index (χ0n) is 16.7. The van der Waals surface area contributed by atoms with Crippen molar-refractivity contribution in [1.29, 1.82) is 0 Å². The van der Waals surface area contributed by atoms with Gasteiger partial charge in [-0.05, 0) is 42.0 Å². The number of carboxylic acid groups (broad SMARTS) is 1. The molecule has 0 spiro atoms. The molecule has 1 atom stereocenters. The van der Waals surface area contributed by atoms with E-state index in [1.165, 1.54) is 6.92 Å². The van der Waals surface area contributed by atoms with Gasteiger partial charge in [0.05, 0.1) is 5.41 Å². The summed E-state index contributed by atoms with van der Waals surface area (Å²) in [6, 6.07) is 15.3. The Hall–Kier alpha value is -3.35. The SMILES string of the molecule is CC(NC(=O)OCC1c2ccccc2-c2ccccc21)C(=O)NCC1(C(=O)O)CC1. The number of carbonyl (C=O) groups excluding carboxylic acids is 2. The number of nitrogens with one attached hydrogen (secondary N) is 2. The first kappa shape index (κ1) is 19.9. The molecule has 2 aromatic carbocycles.